The van der Waals surface area contributed by atoms with Crippen molar-refractivity contribution in [2.24, 2.45) is 52.3 Å². The first-order valence-corrected chi connectivity index (χ1v) is 13.8. The van der Waals surface area contributed by atoms with Gasteiger partial charge >= 0.3 is 0 Å². The van der Waals surface area contributed by atoms with E-state index in [0.717, 1.165) is 48.3 Å². The van der Waals surface area contributed by atoms with Crippen LogP contribution < -0.4 is 0 Å². The minimum atomic E-state index is 0.132. The highest BCUT2D eigenvalue weighted by Crippen LogP contribution is 2.68. The molecule has 29 heavy (non-hydrogen) atoms. The average Bonchev–Trinajstić information content (AvgIpc) is 3.02. The molecule has 1 nitrogen and oxygen atoms in total. The molecule has 0 spiro atoms. The maximum atomic E-state index is 12.4. The van der Waals surface area contributed by atoms with Gasteiger partial charge in [-0.15, -0.1) is 0 Å². The van der Waals surface area contributed by atoms with Crippen molar-refractivity contribution in [1.29, 1.82) is 0 Å². The Hall–Kier alpha value is 0.150. The minimum Gasteiger partial charge on any atom is -0.298 e. The lowest BCUT2D eigenvalue weighted by Crippen LogP contribution is -2.56. The molecule has 0 aromatic rings. The Morgan fingerprint density at radius 2 is 1.59 bits per heavy atom. The van der Waals surface area contributed by atoms with E-state index in [2.05, 4.69) is 50.5 Å². The van der Waals surface area contributed by atoms with Gasteiger partial charge in [-0.25, -0.2) is 0 Å². The molecule has 0 bridgehead atoms. The third kappa shape index (κ3) is 3.70. The number of fused-ring (bicyclic) bond motifs is 5. The van der Waals surface area contributed by atoms with Gasteiger partial charge in [-0.05, 0) is 97.2 Å². The zero-order valence-electron chi connectivity index (χ0n) is 19.7. The number of carbonyl (C=O) groups excluding carboxylic acids is 1. The summed E-state index contributed by atoms with van der Waals surface area (Å²) >= 11 is 3.83. The monoisotopic (exact) mass is 464 g/mol. The lowest BCUT2D eigenvalue weighted by atomic mass is 9.44. The normalized spacial score (nSPS) is 48.2. The summed E-state index contributed by atoms with van der Waals surface area (Å²) in [5.74, 6) is 6.49. The van der Waals surface area contributed by atoms with Crippen molar-refractivity contribution >= 4 is 21.7 Å². The Morgan fingerprint density at radius 1 is 0.897 bits per heavy atom. The van der Waals surface area contributed by atoms with Gasteiger partial charge in [-0.3, -0.25) is 4.79 Å². The summed E-state index contributed by atoms with van der Waals surface area (Å²) in [6.45, 7) is 12.6. The van der Waals surface area contributed by atoms with Crippen LogP contribution in [0.1, 0.15) is 105 Å². The van der Waals surface area contributed by atoms with Gasteiger partial charge in [0.25, 0.3) is 0 Å². The molecule has 4 aliphatic rings. The predicted molar refractivity (Wildman–Crippen MR) is 126 cm³/mol. The number of Topliss-reactive ketones (excluding diaryl/α,β-unsaturated/α-hetero) is 1. The summed E-state index contributed by atoms with van der Waals surface area (Å²) in [7, 11) is 0. The van der Waals surface area contributed by atoms with E-state index >= 15 is 0 Å². The quantitative estimate of drug-likeness (QED) is 0.375. The second-order valence-electron chi connectivity index (χ2n) is 12.5. The lowest BCUT2D eigenvalue weighted by molar-refractivity contribution is -0.138. The summed E-state index contributed by atoms with van der Waals surface area (Å²) in [4.78, 5) is 12.5. The molecular formula is C27H45BrO. The van der Waals surface area contributed by atoms with E-state index in [0.29, 0.717) is 22.5 Å². The molecule has 2 heteroatoms. The van der Waals surface area contributed by atoms with Crippen LogP contribution in [0.15, 0.2) is 0 Å². The molecule has 0 N–H and O–H groups in total. The van der Waals surface area contributed by atoms with Crippen LogP contribution in [-0.2, 0) is 4.79 Å². The molecule has 0 aromatic carbocycles. The highest BCUT2D eigenvalue weighted by Gasteiger charge is 2.61. The Kier molecular flexibility index (Phi) is 6.36. The summed E-state index contributed by atoms with van der Waals surface area (Å²) in [5.41, 5.74) is 0.979. The molecule has 0 amide bonds. The fourth-order valence-electron chi connectivity index (χ4n) is 9.12. The zero-order valence-corrected chi connectivity index (χ0v) is 21.3. The second kappa shape index (κ2) is 8.25. The number of hydrogen-bond acceptors (Lipinski definition) is 1. The van der Waals surface area contributed by atoms with E-state index in [1.807, 2.05) is 0 Å². The second-order valence-corrected chi connectivity index (χ2v) is 13.5. The lowest BCUT2D eigenvalue weighted by Gasteiger charge is -2.61. The van der Waals surface area contributed by atoms with E-state index in [1.54, 1.807) is 0 Å². The Morgan fingerprint density at radius 3 is 2.31 bits per heavy atom. The van der Waals surface area contributed by atoms with Gasteiger partial charge in [0.15, 0.2) is 0 Å². The number of rotatable bonds is 5. The van der Waals surface area contributed by atoms with Crippen LogP contribution in [0.25, 0.3) is 0 Å². The largest absolute Gasteiger partial charge is 0.298 e. The highest BCUT2D eigenvalue weighted by molar-refractivity contribution is 9.10. The van der Waals surface area contributed by atoms with Crippen molar-refractivity contribution in [2.75, 3.05) is 0 Å². The van der Waals surface area contributed by atoms with Crippen molar-refractivity contribution < 1.29 is 4.79 Å². The molecule has 0 radical (unpaired) electrons. The molecule has 0 saturated heterocycles. The van der Waals surface area contributed by atoms with Crippen LogP contribution in [0, 0.1) is 52.3 Å². The standard InChI is InChI=1S/C27H45BrO/c1-17(2)7-6-8-18(3)20-11-12-21-19-9-10-23-25(28)24(29)14-16-27(23,5)22(19)13-15-26(20,21)4/h17-23,25H,6-16H2,1-5H3/t18-,19+,20-,21+,22+,23-,25+,26-,27-/m1/s1. The molecule has 4 aliphatic carbocycles. The van der Waals surface area contributed by atoms with Crippen LogP contribution in [0.4, 0.5) is 0 Å². The van der Waals surface area contributed by atoms with Gasteiger partial charge in [0.1, 0.15) is 5.78 Å². The van der Waals surface area contributed by atoms with Crippen molar-refractivity contribution in [3.8, 4) is 0 Å². The highest BCUT2D eigenvalue weighted by atomic mass is 79.9. The summed E-state index contributed by atoms with van der Waals surface area (Å²) in [6, 6.07) is 0. The molecule has 166 valence electrons. The van der Waals surface area contributed by atoms with Crippen molar-refractivity contribution in [3.63, 3.8) is 0 Å². The first-order chi connectivity index (χ1) is 13.7. The van der Waals surface area contributed by atoms with Crippen LogP contribution in [0.3, 0.4) is 0 Å². The molecule has 4 fully saturated rings. The first kappa shape index (κ1) is 22.3. The van der Waals surface area contributed by atoms with Crippen molar-refractivity contribution in [3.05, 3.63) is 0 Å². The van der Waals surface area contributed by atoms with E-state index in [9.17, 15) is 4.79 Å². The smallest absolute Gasteiger partial charge is 0.146 e. The first-order valence-electron chi connectivity index (χ1n) is 12.8. The van der Waals surface area contributed by atoms with Gasteiger partial charge in [0.2, 0.25) is 0 Å². The van der Waals surface area contributed by atoms with E-state index in [-0.39, 0.29) is 4.83 Å². The molecular weight excluding hydrogens is 420 g/mol. The van der Waals surface area contributed by atoms with Crippen molar-refractivity contribution in [2.45, 2.75) is 110 Å². The number of alkyl halides is 1. The van der Waals surface area contributed by atoms with Gasteiger partial charge in [-0.2, -0.15) is 0 Å². The average molecular weight is 466 g/mol. The summed E-state index contributed by atoms with van der Waals surface area (Å²) in [5, 5.41) is 0. The van der Waals surface area contributed by atoms with Crippen LogP contribution in [0.2, 0.25) is 0 Å². The molecule has 9 atom stereocenters. The van der Waals surface area contributed by atoms with E-state index in [4.69, 9.17) is 0 Å². The van der Waals surface area contributed by atoms with Crippen LogP contribution >= 0.6 is 15.9 Å². The third-order valence-electron chi connectivity index (χ3n) is 10.7. The predicted octanol–water partition coefficient (Wildman–Crippen LogP) is 8.05. The van der Waals surface area contributed by atoms with Gasteiger partial charge in [0.05, 0.1) is 4.83 Å². The third-order valence-corrected chi connectivity index (χ3v) is 11.9. The maximum absolute atomic E-state index is 12.4. The molecule has 0 aliphatic heterocycles. The Bertz CT molecular complexity index is 614. The zero-order chi connectivity index (χ0) is 21.0. The molecule has 0 heterocycles. The SMILES string of the molecule is CC(C)CCC[C@@H](C)[C@H]1CC[C@H]2[C@@H]3CC[C@@H]4[C@H](Br)C(=O)CC[C@]4(C)[C@H]3CC[C@]12C. The summed E-state index contributed by atoms with van der Waals surface area (Å²) in [6.07, 6.45) is 14.7. The van der Waals surface area contributed by atoms with Crippen molar-refractivity contribution in [1.82, 2.24) is 0 Å². The minimum absolute atomic E-state index is 0.132. The van der Waals surface area contributed by atoms with E-state index in [1.165, 1.54) is 57.8 Å². The molecule has 0 aromatic heterocycles. The maximum Gasteiger partial charge on any atom is 0.146 e. The number of ketones is 1. The van der Waals surface area contributed by atoms with Crippen LogP contribution in [-0.4, -0.2) is 10.6 Å². The topological polar surface area (TPSA) is 17.1 Å². The fourth-order valence-corrected chi connectivity index (χ4v) is 10.2. The molecule has 0 unspecified atom stereocenters. The molecule has 4 rings (SSSR count). The fraction of sp³-hybridized carbons (Fsp3) is 0.963. The molecule has 4 saturated carbocycles. The Balaban J connectivity index is 1.48. The summed E-state index contributed by atoms with van der Waals surface area (Å²) < 4.78 is 0. The number of hydrogen-bond donors (Lipinski definition) is 0. The number of halogens is 1. The van der Waals surface area contributed by atoms with Gasteiger partial charge in [0, 0.05) is 6.42 Å². The van der Waals surface area contributed by atoms with Crippen LogP contribution in [0.5, 0.6) is 0 Å². The van der Waals surface area contributed by atoms with E-state index < -0.39 is 0 Å². The Labute approximate surface area is 188 Å². The van der Waals surface area contributed by atoms with Gasteiger partial charge in [-0.1, -0.05) is 69.8 Å². The number of carbonyl (C=O) groups is 1. The van der Waals surface area contributed by atoms with Gasteiger partial charge < -0.3 is 0 Å².